The number of hydrogen-bond acceptors (Lipinski definition) is 3. The molecule has 0 aromatic heterocycles. The first-order valence-electron chi connectivity index (χ1n) is 9.12. The largest absolute Gasteiger partial charge is 0.454 e. The van der Waals surface area contributed by atoms with Gasteiger partial charge in [-0.2, -0.15) is 0 Å². The Morgan fingerprint density at radius 1 is 1.28 bits per heavy atom. The smallest absolute Gasteiger partial charge is 0.231 e. The van der Waals surface area contributed by atoms with Gasteiger partial charge in [0.1, 0.15) is 0 Å². The van der Waals surface area contributed by atoms with Crippen LogP contribution in [0.15, 0.2) is 23.8 Å². The molecular formula is C21H29NO3. The SMILES string of the molecule is CCCc1cc2c(cc1N(C)C(=O)C1C(C=C(C)C)C1(C)C)OCO2. The minimum Gasteiger partial charge on any atom is -0.454 e. The van der Waals surface area contributed by atoms with E-state index in [1.165, 1.54) is 5.57 Å². The molecule has 0 N–H and O–H groups in total. The highest BCUT2D eigenvalue weighted by atomic mass is 16.7. The Bertz CT molecular complexity index is 716. The maximum absolute atomic E-state index is 13.2. The Kier molecular flexibility index (Phi) is 4.56. The molecule has 136 valence electrons. The van der Waals surface area contributed by atoms with E-state index >= 15 is 0 Å². The van der Waals surface area contributed by atoms with Crippen molar-refractivity contribution in [2.75, 3.05) is 18.7 Å². The standard InChI is InChI=1S/C21H29NO3/c1-7-8-14-10-17-18(25-12-24-17)11-16(14)22(6)20(23)19-15(9-13(2)3)21(19,4)5/h9-11,15,19H,7-8,12H2,1-6H3. The molecule has 0 bridgehead atoms. The molecule has 4 nitrogen and oxygen atoms in total. The second-order valence-electron chi connectivity index (χ2n) is 8.05. The van der Waals surface area contributed by atoms with Crippen molar-refractivity contribution in [2.24, 2.45) is 17.3 Å². The summed E-state index contributed by atoms with van der Waals surface area (Å²) in [7, 11) is 1.88. The van der Waals surface area contributed by atoms with Gasteiger partial charge in [-0.25, -0.2) is 0 Å². The van der Waals surface area contributed by atoms with Crippen LogP contribution < -0.4 is 14.4 Å². The summed E-state index contributed by atoms with van der Waals surface area (Å²) in [5.41, 5.74) is 3.37. The molecule has 1 fully saturated rings. The molecule has 1 aromatic rings. The molecule has 2 unspecified atom stereocenters. The fraction of sp³-hybridized carbons (Fsp3) is 0.571. The molecule has 0 spiro atoms. The summed E-state index contributed by atoms with van der Waals surface area (Å²) >= 11 is 0. The molecule has 1 heterocycles. The van der Waals surface area contributed by atoms with E-state index in [1.807, 2.05) is 24.1 Å². The van der Waals surface area contributed by atoms with Gasteiger partial charge in [-0.15, -0.1) is 0 Å². The van der Waals surface area contributed by atoms with E-state index in [4.69, 9.17) is 9.47 Å². The Hall–Kier alpha value is -1.97. The summed E-state index contributed by atoms with van der Waals surface area (Å²) in [5, 5.41) is 0. The van der Waals surface area contributed by atoms with Gasteiger partial charge in [0, 0.05) is 13.1 Å². The van der Waals surface area contributed by atoms with Crippen molar-refractivity contribution in [3.63, 3.8) is 0 Å². The molecule has 2 aliphatic rings. The highest BCUT2D eigenvalue weighted by Gasteiger charge is 2.61. The fourth-order valence-corrected chi connectivity index (χ4v) is 3.90. The second kappa shape index (κ2) is 6.40. The van der Waals surface area contributed by atoms with Crippen LogP contribution in [0, 0.1) is 17.3 Å². The lowest BCUT2D eigenvalue weighted by molar-refractivity contribution is -0.120. The zero-order chi connectivity index (χ0) is 18.4. The second-order valence-corrected chi connectivity index (χ2v) is 8.05. The summed E-state index contributed by atoms with van der Waals surface area (Å²) < 4.78 is 11.0. The van der Waals surface area contributed by atoms with Crippen LogP contribution in [0.5, 0.6) is 11.5 Å². The number of ether oxygens (including phenoxy) is 2. The Morgan fingerprint density at radius 2 is 1.92 bits per heavy atom. The van der Waals surface area contributed by atoms with E-state index in [-0.39, 0.29) is 24.0 Å². The van der Waals surface area contributed by atoms with Gasteiger partial charge in [0.25, 0.3) is 0 Å². The zero-order valence-corrected chi connectivity index (χ0v) is 16.2. The molecule has 1 aliphatic heterocycles. The van der Waals surface area contributed by atoms with Crippen molar-refractivity contribution in [2.45, 2.75) is 47.5 Å². The van der Waals surface area contributed by atoms with Gasteiger partial charge in [-0.05, 0) is 43.2 Å². The molecular weight excluding hydrogens is 314 g/mol. The van der Waals surface area contributed by atoms with Gasteiger partial charge in [-0.1, -0.05) is 38.8 Å². The summed E-state index contributed by atoms with van der Waals surface area (Å²) in [4.78, 5) is 15.0. The first-order valence-corrected chi connectivity index (χ1v) is 9.12. The fourth-order valence-electron chi connectivity index (χ4n) is 3.90. The van der Waals surface area contributed by atoms with Crippen molar-refractivity contribution < 1.29 is 14.3 Å². The number of benzene rings is 1. The Morgan fingerprint density at radius 3 is 2.52 bits per heavy atom. The molecule has 1 amide bonds. The third-order valence-electron chi connectivity index (χ3n) is 5.47. The average molecular weight is 343 g/mol. The number of amides is 1. The molecule has 0 radical (unpaired) electrons. The number of carbonyl (C=O) groups is 1. The zero-order valence-electron chi connectivity index (χ0n) is 16.2. The van der Waals surface area contributed by atoms with E-state index in [9.17, 15) is 4.79 Å². The first kappa shape index (κ1) is 17.8. The summed E-state index contributed by atoms with van der Waals surface area (Å²) in [6.07, 6.45) is 4.17. The van der Waals surface area contributed by atoms with Gasteiger partial charge in [-0.3, -0.25) is 4.79 Å². The molecule has 0 saturated heterocycles. The van der Waals surface area contributed by atoms with Crippen molar-refractivity contribution in [1.82, 2.24) is 0 Å². The molecule has 1 aromatic carbocycles. The minimum absolute atomic E-state index is 0.0177. The third-order valence-corrected chi connectivity index (χ3v) is 5.47. The van der Waals surface area contributed by atoms with Crippen LogP contribution >= 0.6 is 0 Å². The molecule has 3 rings (SSSR count). The molecule has 2 atom stereocenters. The number of allylic oxidation sites excluding steroid dienone is 2. The van der Waals surface area contributed by atoms with Gasteiger partial charge >= 0.3 is 0 Å². The number of fused-ring (bicyclic) bond motifs is 1. The van der Waals surface area contributed by atoms with Crippen LogP contribution in [0.3, 0.4) is 0 Å². The lowest BCUT2D eigenvalue weighted by atomic mass is 10.0. The highest BCUT2D eigenvalue weighted by Crippen LogP contribution is 2.60. The maximum Gasteiger partial charge on any atom is 0.231 e. The highest BCUT2D eigenvalue weighted by molar-refractivity contribution is 5.98. The molecule has 4 heteroatoms. The quantitative estimate of drug-likeness (QED) is 0.735. The number of carbonyl (C=O) groups excluding carboxylic acids is 1. The molecule has 25 heavy (non-hydrogen) atoms. The summed E-state index contributed by atoms with van der Waals surface area (Å²) in [5.74, 6) is 2.04. The normalized spacial score (nSPS) is 22.5. The number of aryl methyl sites for hydroxylation is 1. The van der Waals surface area contributed by atoms with Crippen LogP contribution in [0.25, 0.3) is 0 Å². The minimum atomic E-state index is 0.0177. The van der Waals surface area contributed by atoms with Crippen molar-refractivity contribution in [3.8, 4) is 11.5 Å². The van der Waals surface area contributed by atoms with Gasteiger partial charge in [0.2, 0.25) is 12.7 Å². The number of rotatable bonds is 5. The van der Waals surface area contributed by atoms with Crippen LogP contribution in [0.2, 0.25) is 0 Å². The third kappa shape index (κ3) is 3.14. The van der Waals surface area contributed by atoms with Crippen molar-refractivity contribution >= 4 is 11.6 Å². The van der Waals surface area contributed by atoms with Crippen LogP contribution in [-0.2, 0) is 11.2 Å². The van der Waals surface area contributed by atoms with E-state index < -0.39 is 0 Å². The lowest BCUT2D eigenvalue weighted by Crippen LogP contribution is -2.30. The van der Waals surface area contributed by atoms with Crippen LogP contribution in [-0.4, -0.2) is 19.7 Å². The monoisotopic (exact) mass is 343 g/mol. The predicted octanol–water partition coefficient (Wildman–Crippen LogP) is 4.57. The summed E-state index contributed by atoms with van der Waals surface area (Å²) in [6.45, 7) is 10.9. The van der Waals surface area contributed by atoms with E-state index in [0.29, 0.717) is 5.92 Å². The van der Waals surface area contributed by atoms with E-state index in [0.717, 1.165) is 35.6 Å². The van der Waals surface area contributed by atoms with Crippen LogP contribution in [0.1, 0.15) is 46.6 Å². The maximum atomic E-state index is 13.2. The van der Waals surface area contributed by atoms with Crippen molar-refractivity contribution in [1.29, 1.82) is 0 Å². The first-order chi connectivity index (χ1) is 11.8. The number of hydrogen-bond donors (Lipinski definition) is 0. The van der Waals surface area contributed by atoms with Crippen molar-refractivity contribution in [3.05, 3.63) is 29.3 Å². The predicted molar refractivity (Wildman–Crippen MR) is 100 cm³/mol. The van der Waals surface area contributed by atoms with Gasteiger partial charge < -0.3 is 14.4 Å². The van der Waals surface area contributed by atoms with E-state index in [1.54, 1.807) is 0 Å². The lowest BCUT2D eigenvalue weighted by Gasteiger charge is -2.22. The molecule has 1 aliphatic carbocycles. The van der Waals surface area contributed by atoms with E-state index in [2.05, 4.69) is 40.7 Å². The van der Waals surface area contributed by atoms with Crippen LogP contribution in [0.4, 0.5) is 5.69 Å². The number of nitrogens with zero attached hydrogens (tertiary/aromatic N) is 1. The van der Waals surface area contributed by atoms with Gasteiger partial charge in [0.05, 0.1) is 11.6 Å². The Balaban J connectivity index is 1.89. The molecule has 1 saturated carbocycles. The average Bonchev–Trinajstić information content (AvgIpc) is 2.88. The summed E-state index contributed by atoms with van der Waals surface area (Å²) in [6, 6.07) is 3.98. The van der Waals surface area contributed by atoms with Gasteiger partial charge in [0.15, 0.2) is 11.5 Å². The number of anilines is 1. The topological polar surface area (TPSA) is 38.8 Å². The Labute approximate surface area is 150 Å².